The predicted molar refractivity (Wildman–Crippen MR) is 132 cm³/mol. The van der Waals surface area contributed by atoms with Crippen LogP contribution in [-0.2, 0) is 16.0 Å². The number of carbonyl (C=O) groups is 1. The molecule has 1 unspecified atom stereocenters. The summed E-state index contributed by atoms with van der Waals surface area (Å²) in [6, 6.07) is 21.4. The first-order chi connectivity index (χ1) is 15.7. The zero-order valence-corrected chi connectivity index (χ0v) is 19.8. The van der Waals surface area contributed by atoms with E-state index in [0.29, 0.717) is 13.0 Å². The molecular formula is C27H39N3O2. The van der Waals surface area contributed by atoms with E-state index >= 15 is 0 Å². The molecule has 0 N–H and O–H groups in total. The Hall–Kier alpha value is -2.37. The summed E-state index contributed by atoms with van der Waals surface area (Å²) in [6.07, 6.45) is 3.41. The number of ether oxygens (including phenoxy) is 1. The van der Waals surface area contributed by atoms with Crippen molar-refractivity contribution in [3.05, 3.63) is 66.2 Å². The van der Waals surface area contributed by atoms with Crippen molar-refractivity contribution in [2.75, 3.05) is 57.8 Å². The van der Waals surface area contributed by atoms with Crippen molar-refractivity contribution in [1.29, 1.82) is 0 Å². The van der Waals surface area contributed by atoms with Gasteiger partial charge >= 0.3 is 5.97 Å². The number of anilines is 1. The Balaban J connectivity index is 1.54. The van der Waals surface area contributed by atoms with E-state index in [0.717, 1.165) is 58.5 Å². The van der Waals surface area contributed by atoms with Gasteiger partial charge in [-0.05, 0) is 37.6 Å². The van der Waals surface area contributed by atoms with Gasteiger partial charge in [-0.1, -0.05) is 61.9 Å². The zero-order chi connectivity index (χ0) is 22.6. The highest BCUT2D eigenvalue weighted by atomic mass is 16.5. The van der Waals surface area contributed by atoms with Gasteiger partial charge in [0.15, 0.2) is 0 Å². The number of benzene rings is 2. The van der Waals surface area contributed by atoms with Crippen LogP contribution < -0.4 is 4.90 Å². The van der Waals surface area contributed by atoms with Crippen LogP contribution in [-0.4, -0.2) is 74.7 Å². The molecular weight excluding hydrogens is 398 g/mol. The molecule has 32 heavy (non-hydrogen) atoms. The van der Waals surface area contributed by atoms with Crippen molar-refractivity contribution in [3.8, 4) is 0 Å². The monoisotopic (exact) mass is 437 g/mol. The van der Waals surface area contributed by atoms with Gasteiger partial charge in [0, 0.05) is 51.0 Å². The molecule has 174 valence electrons. The second-order valence-corrected chi connectivity index (χ2v) is 8.77. The van der Waals surface area contributed by atoms with Gasteiger partial charge in [0.2, 0.25) is 0 Å². The van der Waals surface area contributed by atoms with E-state index in [9.17, 15) is 4.79 Å². The summed E-state index contributed by atoms with van der Waals surface area (Å²) in [7, 11) is 2.15. The molecule has 2 aromatic carbocycles. The third kappa shape index (κ3) is 7.95. The molecule has 3 rings (SSSR count). The smallest absolute Gasteiger partial charge is 0.307 e. The highest BCUT2D eigenvalue weighted by Crippen LogP contribution is 2.17. The molecule has 0 spiro atoms. The SMILES string of the molecule is CCCCOC(=O)CC(CN1CCN(c2ccccc2)CC1)N(C)CCc1ccccc1. The van der Waals surface area contributed by atoms with Crippen LogP contribution in [0.2, 0.25) is 0 Å². The summed E-state index contributed by atoms with van der Waals surface area (Å²) < 4.78 is 5.50. The van der Waals surface area contributed by atoms with Crippen molar-refractivity contribution < 1.29 is 9.53 Å². The number of hydrogen-bond donors (Lipinski definition) is 0. The Bertz CT molecular complexity index is 776. The van der Waals surface area contributed by atoms with Crippen LogP contribution in [0.25, 0.3) is 0 Å². The molecule has 1 fully saturated rings. The summed E-state index contributed by atoms with van der Waals surface area (Å²) in [5, 5.41) is 0. The third-order valence-corrected chi connectivity index (χ3v) is 6.35. The number of likely N-dealkylation sites (N-methyl/N-ethyl adjacent to an activating group) is 1. The summed E-state index contributed by atoms with van der Waals surface area (Å²) in [6.45, 7) is 8.55. The van der Waals surface area contributed by atoms with Crippen molar-refractivity contribution in [1.82, 2.24) is 9.80 Å². The minimum atomic E-state index is -0.0714. The van der Waals surface area contributed by atoms with Crippen LogP contribution in [0.15, 0.2) is 60.7 Å². The molecule has 2 aromatic rings. The molecule has 0 amide bonds. The fourth-order valence-electron chi connectivity index (χ4n) is 4.20. The first-order valence-electron chi connectivity index (χ1n) is 12.1. The van der Waals surface area contributed by atoms with E-state index in [1.54, 1.807) is 0 Å². The van der Waals surface area contributed by atoms with Crippen LogP contribution in [0.4, 0.5) is 5.69 Å². The fraction of sp³-hybridized carbons (Fsp3) is 0.519. The van der Waals surface area contributed by atoms with Crippen LogP contribution in [0.5, 0.6) is 0 Å². The maximum Gasteiger partial charge on any atom is 0.307 e. The molecule has 5 heteroatoms. The van der Waals surface area contributed by atoms with Gasteiger partial charge in [0.25, 0.3) is 0 Å². The lowest BCUT2D eigenvalue weighted by molar-refractivity contribution is -0.145. The molecule has 0 radical (unpaired) electrons. The van der Waals surface area contributed by atoms with Gasteiger partial charge in [-0.3, -0.25) is 9.69 Å². The molecule has 1 atom stereocenters. The van der Waals surface area contributed by atoms with Gasteiger partial charge in [-0.2, -0.15) is 0 Å². The molecule has 1 aliphatic rings. The van der Waals surface area contributed by atoms with Gasteiger partial charge in [-0.25, -0.2) is 0 Å². The summed E-state index contributed by atoms with van der Waals surface area (Å²) in [5.74, 6) is -0.0714. The molecule has 0 saturated carbocycles. The van der Waals surface area contributed by atoms with Gasteiger partial charge in [-0.15, -0.1) is 0 Å². The standard InChI is InChI=1S/C27H39N3O2/c1-3-4-21-32-27(31)22-26(28(2)16-15-24-11-7-5-8-12-24)23-29-17-19-30(20-18-29)25-13-9-6-10-14-25/h5-14,26H,3-4,15-23H2,1-2H3. The quantitative estimate of drug-likeness (QED) is 0.369. The second kappa shape index (κ2) is 13.2. The predicted octanol–water partition coefficient (Wildman–Crippen LogP) is 4.09. The van der Waals surface area contributed by atoms with Gasteiger partial charge < -0.3 is 14.5 Å². The average Bonchev–Trinajstić information content (AvgIpc) is 2.84. The Morgan fingerprint density at radius 1 is 1.00 bits per heavy atom. The maximum absolute atomic E-state index is 12.5. The first-order valence-corrected chi connectivity index (χ1v) is 12.1. The summed E-state index contributed by atoms with van der Waals surface area (Å²) in [5.41, 5.74) is 2.63. The Morgan fingerprint density at radius 3 is 2.31 bits per heavy atom. The molecule has 5 nitrogen and oxygen atoms in total. The van der Waals surface area contributed by atoms with Crippen molar-refractivity contribution in [2.45, 2.75) is 38.6 Å². The van der Waals surface area contributed by atoms with Crippen LogP contribution in [0, 0.1) is 0 Å². The number of para-hydroxylation sites is 1. The lowest BCUT2D eigenvalue weighted by atomic mass is 10.1. The van der Waals surface area contributed by atoms with E-state index in [1.807, 2.05) is 0 Å². The molecule has 0 aromatic heterocycles. The summed E-state index contributed by atoms with van der Waals surface area (Å²) in [4.78, 5) is 19.8. The Kier molecular flexibility index (Phi) is 10.0. The first kappa shape index (κ1) is 24.3. The van der Waals surface area contributed by atoms with E-state index < -0.39 is 0 Å². The van der Waals surface area contributed by atoms with Gasteiger partial charge in [0.1, 0.15) is 0 Å². The van der Waals surface area contributed by atoms with E-state index in [2.05, 4.69) is 89.3 Å². The number of esters is 1. The van der Waals surface area contributed by atoms with Crippen LogP contribution >= 0.6 is 0 Å². The van der Waals surface area contributed by atoms with E-state index in [-0.39, 0.29) is 12.0 Å². The van der Waals surface area contributed by atoms with E-state index in [1.165, 1.54) is 11.3 Å². The minimum Gasteiger partial charge on any atom is -0.466 e. The topological polar surface area (TPSA) is 36.0 Å². The molecule has 1 aliphatic heterocycles. The number of nitrogens with zero attached hydrogens (tertiary/aromatic N) is 3. The fourth-order valence-corrected chi connectivity index (χ4v) is 4.20. The normalized spacial score (nSPS) is 15.7. The number of piperazine rings is 1. The van der Waals surface area contributed by atoms with Crippen molar-refractivity contribution in [3.63, 3.8) is 0 Å². The maximum atomic E-state index is 12.5. The van der Waals surface area contributed by atoms with Crippen LogP contribution in [0.1, 0.15) is 31.7 Å². The largest absolute Gasteiger partial charge is 0.466 e. The number of hydrogen-bond acceptors (Lipinski definition) is 5. The third-order valence-electron chi connectivity index (χ3n) is 6.35. The Labute approximate surface area is 194 Å². The number of unbranched alkanes of at least 4 members (excludes halogenated alkanes) is 1. The lowest BCUT2D eigenvalue weighted by Gasteiger charge is -2.39. The minimum absolute atomic E-state index is 0.0714. The van der Waals surface area contributed by atoms with Crippen LogP contribution in [0.3, 0.4) is 0 Å². The van der Waals surface area contributed by atoms with E-state index in [4.69, 9.17) is 4.74 Å². The number of rotatable bonds is 12. The second-order valence-electron chi connectivity index (χ2n) is 8.77. The molecule has 1 heterocycles. The van der Waals surface area contributed by atoms with Crippen molar-refractivity contribution >= 4 is 11.7 Å². The molecule has 0 bridgehead atoms. The van der Waals surface area contributed by atoms with Crippen molar-refractivity contribution in [2.24, 2.45) is 0 Å². The highest BCUT2D eigenvalue weighted by Gasteiger charge is 2.25. The summed E-state index contributed by atoms with van der Waals surface area (Å²) >= 11 is 0. The average molecular weight is 438 g/mol. The highest BCUT2D eigenvalue weighted by molar-refractivity contribution is 5.70. The molecule has 0 aliphatic carbocycles. The lowest BCUT2D eigenvalue weighted by Crippen LogP contribution is -2.51. The zero-order valence-electron chi connectivity index (χ0n) is 19.8. The van der Waals surface area contributed by atoms with Gasteiger partial charge in [0.05, 0.1) is 13.0 Å². The molecule has 1 saturated heterocycles. The number of carbonyl (C=O) groups excluding carboxylic acids is 1. The Morgan fingerprint density at radius 2 is 1.66 bits per heavy atom.